The van der Waals surface area contributed by atoms with Crippen LogP contribution in [0, 0.1) is 24.1 Å². The number of carbonyl (C=O) groups is 2. The third kappa shape index (κ3) is 5.39. The molecule has 2 aromatic heterocycles. The summed E-state index contributed by atoms with van der Waals surface area (Å²) in [5, 5.41) is 0. The lowest BCUT2D eigenvalue weighted by Crippen LogP contribution is -2.41. The Morgan fingerprint density at radius 3 is 2.79 bits per heavy atom. The Bertz CT molecular complexity index is 1610. The van der Waals surface area contributed by atoms with E-state index in [1.165, 1.54) is 35.8 Å². The second kappa shape index (κ2) is 11.1. The van der Waals surface area contributed by atoms with Crippen molar-refractivity contribution in [1.82, 2.24) is 19.4 Å². The fraction of sp³-hybridized carbons (Fsp3) is 0.455. The maximum atomic E-state index is 15.3. The van der Waals surface area contributed by atoms with Crippen LogP contribution in [-0.4, -0.2) is 57.5 Å². The topological polar surface area (TPSA) is 107 Å². The lowest BCUT2D eigenvalue weighted by Gasteiger charge is -2.31. The minimum atomic E-state index is -0.487. The molecule has 1 atom stereocenters. The Hall–Kier alpha value is -4.21. The van der Waals surface area contributed by atoms with Gasteiger partial charge in [-0.2, -0.15) is 0 Å². The van der Waals surface area contributed by atoms with Crippen LogP contribution in [0.3, 0.4) is 0 Å². The molecule has 1 fully saturated rings. The van der Waals surface area contributed by atoms with Gasteiger partial charge in [0.25, 0.3) is 5.91 Å². The number of ether oxygens (including phenoxy) is 1. The lowest BCUT2D eigenvalue weighted by molar-refractivity contribution is -0.126. The Kier molecular flexibility index (Phi) is 7.48. The number of nitrogen functional groups attached to an aromatic ring is 1. The van der Waals surface area contributed by atoms with E-state index in [0.29, 0.717) is 61.0 Å². The van der Waals surface area contributed by atoms with E-state index in [4.69, 9.17) is 10.5 Å². The number of aromatic nitrogens is 3. The van der Waals surface area contributed by atoms with Crippen LogP contribution in [0.15, 0.2) is 37.2 Å². The predicted octanol–water partition coefficient (Wildman–Crippen LogP) is 4.95. The molecule has 2 aliphatic heterocycles. The van der Waals surface area contributed by atoms with Gasteiger partial charge in [0.15, 0.2) is 11.6 Å². The van der Waals surface area contributed by atoms with Crippen molar-refractivity contribution < 1.29 is 18.7 Å². The maximum absolute atomic E-state index is 15.3. The predicted molar refractivity (Wildman–Crippen MR) is 163 cm³/mol. The van der Waals surface area contributed by atoms with Crippen molar-refractivity contribution in [2.75, 3.05) is 36.9 Å². The monoisotopic (exact) mass is 586 g/mol. The first-order valence-electron chi connectivity index (χ1n) is 15.0. The zero-order valence-electron chi connectivity index (χ0n) is 25.2. The summed E-state index contributed by atoms with van der Waals surface area (Å²) in [6, 6.07) is 4.83. The van der Waals surface area contributed by atoms with Crippen molar-refractivity contribution in [3.8, 4) is 17.0 Å². The number of amides is 2. The molecule has 226 valence electrons. The number of nitrogens with two attached hydrogens (primary N) is 1. The van der Waals surface area contributed by atoms with Crippen molar-refractivity contribution in [3.63, 3.8) is 0 Å². The van der Waals surface area contributed by atoms with Crippen molar-refractivity contribution in [2.24, 2.45) is 11.3 Å². The molecule has 10 heteroatoms. The van der Waals surface area contributed by atoms with E-state index < -0.39 is 5.82 Å². The minimum Gasteiger partial charge on any atom is -0.487 e. The molecular weight excluding hydrogens is 547 g/mol. The van der Waals surface area contributed by atoms with E-state index in [0.717, 1.165) is 32.1 Å². The van der Waals surface area contributed by atoms with Gasteiger partial charge in [-0.25, -0.2) is 14.4 Å². The normalized spacial score (nSPS) is 19.5. The Balaban J connectivity index is 1.29. The average molecular weight is 587 g/mol. The summed E-state index contributed by atoms with van der Waals surface area (Å²) in [7, 11) is 0. The third-order valence-electron chi connectivity index (χ3n) is 9.07. The molecule has 3 aliphatic rings. The van der Waals surface area contributed by atoms with Crippen LogP contribution in [0.25, 0.3) is 11.3 Å². The number of hydrogen-bond acceptors (Lipinski definition) is 6. The molecule has 0 radical (unpaired) electrons. The van der Waals surface area contributed by atoms with Gasteiger partial charge in [0, 0.05) is 43.4 Å². The number of likely N-dealkylation sites (tertiary alicyclic amines) is 1. The standard InChI is InChI=1S/C33H39FN6O3/c1-5-28(41)38-9-7-6-8-21(17-38)18-43-30-29(36-19-37-31(30)35)24-13-23(34)14-25(20(24)2)40-11-10-39-26(32(40)42)12-22-15-33(3,4)16-27(22)39/h5,12-14,19,21H,1,6-11,15-18H2,2-4H3,(H2,35,36,37)/t21-/m1/s1. The molecule has 0 unspecified atom stereocenters. The van der Waals surface area contributed by atoms with Gasteiger partial charge < -0.3 is 24.8 Å². The first-order valence-corrected chi connectivity index (χ1v) is 15.0. The SMILES string of the molecule is C=CC(=O)N1CCCC[C@@H](COc2c(N)ncnc2-c2cc(F)cc(N3CCn4c(cc5c4CC(C)(C)C5)C3=O)c2C)C1. The number of nitrogens with zero attached hydrogens (tertiary/aromatic N) is 5. The third-order valence-corrected chi connectivity index (χ3v) is 9.07. The molecule has 2 N–H and O–H groups in total. The maximum Gasteiger partial charge on any atom is 0.274 e. The van der Waals surface area contributed by atoms with Gasteiger partial charge in [-0.15, -0.1) is 0 Å². The molecule has 6 rings (SSSR count). The Morgan fingerprint density at radius 1 is 1.19 bits per heavy atom. The van der Waals surface area contributed by atoms with Crippen molar-refractivity contribution in [1.29, 1.82) is 0 Å². The Labute approximate surface area is 251 Å². The van der Waals surface area contributed by atoms with Gasteiger partial charge in [0.2, 0.25) is 5.91 Å². The van der Waals surface area contributed by atoms with Gasteiger partial charge >= 0.3 is 0 Å². The van der Waals surface area contributed by atoms with Crippen LogP contribution in [0.5, 0.6) is 5.75 Å². The molecule has 3 aromatic rings. The van der Waals surface area contributed by atoms with E-state index in [1.807, 2.05) is 13.0 Å². The first-order chi connectivity index (χ1) is 20.6. The molecule has 43 heavy (non-hydrogen) atoms. The van der Waals surface area contributed by atoms with E-state index in [9.17, 15) is 9.59 Å². The van der Waals surface area contributed by atoms with E-state index in [1.54, 1.807) is 9.80 Å². The largest absolute Gasteiger partial charge is 0.487 e. The van der Waals surface area contributed by atoms with Crippen molar-refractivity contribution in [2.45, 2.75) is 59.4 Å². The van der Waals surface area contributed by atoms with Crippen LogP contribution in [-0.2, 0) is 24.2 Å². The summed E-state index contributed by atoms with van der Waals surface area (Å²) in [4.78, 5) is 38.2. The highest BCUT2D eigenvalue weighted by Crippen LogP contribution is 2.42. The summed E-state index contributed by atoms with van der Waals surface area (Å²) < 4.78 is 23.7. The zero-order chi connectivity index (χ0) is 30.5. The molecule has 9 nitrogen and oxygen atoms in total. The van der Waals surface area contributed by atoms with Crippen LogP contribution in [0.1, 0.15) is 60.4 Å². The fourth-order valence-corrected chi connectivity index (χ4v) is 6.95. The highest BCUT2D eigenvalue weighted by Gasteiger charge is 2.37. The highest BCUT2D eigenvalue weighted by molar-refractivity contribution is 6.07. The summed E-state index contributed by atoms with van der Waals surface area (Å²) in [6.45, 7) is 12.6. The molecule has 1 aliphatic carbocycles. The van der Waals surface area contributed by atoms with E-state index in [-0.39, 0.29) is 34.7 Å². The van der Waals surface area contributed by atoms with Crippen molar-refractivity contribution >= 4 is 23.3 Å². The molecule has 2 amide bonds. The first kappa shape index (κ1) is 28.9. The van der Waals surface area contributed by atoms with Gasteiger partial charge in [-0.1, -0.05) is 26.8 Å². The number of carbonyl (C=O) groups excluding carboxylic acids is 2. The summed E-state index contributed by atoms with van der Waals surface area (Å²) in [5.74, 6) is -0.218. The molecule has 4 heterocycles. The van der Waals surface area contributed by atoms with Gasteiger partial charge in [-0.05, 0) is 73.4 Å². The molecule has 1 saturated heterocycles. The number of benzene rings is 1. The summed E-state index contributed by atoms with van der Waals surface area (Å²) in [5.41, 5.74) is 11.7. The molecular formula is C33H39FN6O3. The number of halogens is 1. The second-order valence-corrected chi connectivity index (χ2v) is 12.8. The summed E-state index contributed by atoms with van der Waals surface area (Å²) >= 11 is 0. The molecule has 0 saturated carbocycles. The average Bonchev–Trinajstić information content (AvgIpc) is 3.33. The van der Waals surface area contributed by atoms with Crippen LogP contribution >= 0.6 is 0 Å². The quantitative estimate of drug-likeness (QED) is 0.410. The van der Waals surface area contributed by atoms with E-state index >= 15 is 4.39 Å². The number of fused-ring (bicyclic) bond motifs is 3. The van der Waals surface area contributed by atoms with Crippen LogP contribution in [0.4, 0.5) is 15.9 Å². The smallest absolute Gasteiger partial charge is 0.274 e. The molecule has 1 aromatic carbocycles. The van der Waals surface area contributed by atoms with Gasteiger partial charge in [0.1, 0.15) is 23.5 Å². The second-order valence-electron chi connectivity index (χ2n) is 12.8. The van der Waals surface area contributed by atoms with Gasteiger partial charge in [-0.3, -0.25) is 9.59 Å². The molecule has 0 bridgehead atoms. The van der Waals surface area contributed by atoms with E-state index in [2.05, 4.69) is 35.0 Å². The van der Waals surface area contributed by atoms with Crippen LogP contribution < -0.4 is 15.4 Å². The minimum absolute atomic E-state index is 0.0810. The number of hydrogen-bond donors (Lipinski definition) is 1. The molecule has 0 spiro atoms. The fourth-order valence-electron chi connectivity index (χ4n) is 6.95. The van der Waals surface area contributed by atoms with Gasteiger partial charge in [0.05, 0.1) is 12.3 Å². The number of rotatable bonds is 6. The zero-order valence-corrected chi connectivity index (χ0v) is 25.2. The summed E-state index contributed by atoms with van der Waals surface area (Å²) in [6.07, 6.45) is 7.35. The van der Waals surface area contributed by atoms with Crippen LogP contribution in [0.2, 0.25) is 0 Å². The van der Waals surface area contributed by atoms with Crippen molar-refractivity contribution in [3.05, 3.63) is 65.5 Å². The number of anilines is 2. The lowest BCUT2D eigenvalue weighted by atomic mass is 9.90. The Morgan fingerprint density at radius 2 is 2.00 bits per heavy atom. The highest BCUT2D eigenvalue weighted by atomic mass is 19.1.